The minimum Gasteiger partial charge on any atom is -0.305 e. The zero-order valence-electron chi connectivity index (χ0n) is 8.73. The van der Waals surface area contributed by atoms with Crippen molar-refractivity contribution in [2.75, 3.05) is 0 Å². The van der Waals surface area contributed by atoms with E-state index in [-0.39, 0.29) is 21.1 Å². The Bertz CT molecular complexity index is 408. The molecule has 1 aromatic carbocycles. The van der Waals surface area contributed by atoms with Gasteiger partial charge in [0, 0.05) is 27.3 Å². The van der Waals surface area contributed by atoms with Crippen molar-refractivity contribution in [2.24, 2.45) is 0 Å². The zero-order chi connectivity index (χ0) is 9.97. The first-order chi connectivity index (χ1) is 6.75. The molecule has 1 nitrogen and oxygen atoms in total. The molecule has 0 N–H and O–H groups in total. The molecule has 1 heterocycles. The molecule has 2 aromatic rings. The van der Waals surface area contributed by atoms with Gasteiger partial charge in [0.25, 0.3) is 0 Å². The Labute approximate surface area is 105 Å². The van der Waals surface area contributed by atoms with Gasteiger partial charge in [0.15, 0.2) is 0 Å². The smallest absolute Gasteiger partial charge is 0.0163 e. The van der Waals surface area contributed by atoms with E-state index in [4.69, 9.17) is 0 Å². The molecule has 0 aliphatic heterocycles. The zero-order valence-corrected chi connectivity index (χ0v) is 11.0. The average Bonchev–Trinajstić information content (AvgIpc) is 2.18. The van der Waals surface area contributed by atoms with Crippen LogP contribution in [0.25, 0.3) is 11.3 Å². The maximum absolute atomic E-state index is 4.32. The van der Waals surface area contributed by atoms with E-state index >= 15 is 0 Å². The maximum Gasteiger partial charge on any atom is 0.0163 e. The quantitative estimate of drug-likeness (QED) is 0.696. The summed E-state index contributed by atoms with van der Waals surface area (Å²) in [5.74, 6) is 0. The Morgan fingerprint density at radius 3 is 2.47 bits per heavy atom. The Morgan fingerprint density at radius 2 is 1.80 bits per heavy atom. The second-order valence-corrected chi connectivity index (χ2v) is 3.50. The Kier molecular flexibility index (Phi) is 4.23. The van der Waals surface area contributed by atoms with Crippen molar-refractivity contribution in [1.82, 2.24) is 4.98 Å². The van der Waals surface area contributed by atoms with Crippen LogP contribution >= 0.6 is 0 Å². The number of rotatable bonds is 1. The molecule has 0 atom stereocenters. The third kappa shape index (κ3) is 3.00. The van der Waals surface area contributed by atoms with Crippen LogP contribution in [0.15, 0.2) is 36.5 Å². The minimum absolute atomic E-state index is 0. The van der Waals surface area contributed by atoms with E-state index in [0.717, 1.165) is 11.3 Å². The van der Waals surface area contributed by atoms with E-state index in [2.05, 4.69) is 37.0 Å². The van der Waals surface area contributed by atoms with E-state index in [1.165, 1.54) is 11.1 Å². The summed E-state index contributed by atoms with van der Waals surface area (Å²) in [5, 5.41) is 0. The van der Waals surface area contributed by atoms with Crippen LogP contribution in [-0.4, -0.2) is 4.98 Å². The van der Waals surface area contributed by atoms with Gasteiger partial charge in [0.1, 0.15) is 0 Å². The predicted octanol–water partition coefficient (Wildman–Crippen LogP) is 3.16. The molecule has 0 fully saturated rings. The number of hydrogen-bond acceptors (Lipinski definition) is 1. The van der Waals surface area contributed by atoms with E-state index in [1.807, 2.05) is 24.4 Å². The summed E-state index contributed by atoms with van der Waals surface area (Å²) in [4.78, 5) is 4.32. The molecule has 80 valence electrons. The molecule has 0 aliphatic carbocycles. The Hall–Kier alpha value is -0.942. The van der Waals surface area contributed by atoms with Crippen LogP contribution in [0.2, 0.25) is 0 Å². The topological polar surface area (TPSA) is 12.9 Å². The summed E-state index contributed by atoms with van der Waals surface area (Å²) in [6, 6.07) is 13.3. The first-order valence-corrected chi connectivity index (χ1v) is 4.67. The Balaban J connectivity index is 0.00000112. The fourth-order valence-corrected chi connectivity index (χ4v) is 1.41. The first kappa shape index (κ1) is 12.1. The van der Waals surface area contributed by atoms with Gasteiger partial charge in [-0.05, 0) is 18.7 Å². The third-order valence-electron chi connectivity index (χ3n) is 2.15. The van der Waals surface area contributed by atoms with Gasteiger partial charge in [0.2, 0.25) is 0 Å². The maximum atomic E-state index is 4.32. The van der Waals surface area contributed by atoms with Crippen LogP contribution < -0.4 is 0 Å². The van der Waals surface area contributed by atoms with Crippen molar-refractivity contribution in [3.8, 4) is 11.3 Å². The minimum atomic E-state index is 0. The summed E-state index contributed by atoms with van der Waals surface area (Å²) in [6.45, 7) is 4.15. The van der Waals surface area contributed by atoms with Gasteiger partial charge >= 0.3 is 0 Å². The molecule has 2 heteroatoms. The molecule has 0 saturated heterocycles. The molecule has 15 heavy (non-hydrogen) atoms. The fraction of sp³-hybridized carbons (Fsp3) is 0.154. The van der Waals surface area contributed by atoms with Crippen LogP contribution in [0.1, 0.15) is 11.1 Å². The van der Waals surface area contributed by atoms with Crippen LogP contribution in [0.5, 0.6) is 0 Å². The molecule has 0 bridgehead atoms. The largest absolute Gasteiger partial charge is 0.305 e. The molecule has 0 aliphatic rings. The number of aromatic nitrogens is 1. The summed E-state index contributed by atoms with van der Waals surface area (Å²) >= 11 is 0. The molecule has 2 rings (SSSR count). The molecule has 1 aromatic heterocycles. The van der Waals surface area contributed by atoms with Crippen LogP contribution in [0.3, 0.4) is 0 Å². The van der Waals surface area contributed by atoms with Gasteiger partial charge < -0.3 is 4.98 Å². The number of hydrogen-bond donors (Lipinski definition) is 0. The average molecular weight is 377 g/mol. The van der Waals surface area contributed by atoms with Crippen molar-refractivity contribution >= 4 is 0 Å². The van der Waals surface area contributed by atoms with Crippen LogP contribution in [0, 0.1) is 19.9 Å². The van der Waals surface area contributed by atoms with Gasteiger partial charge in [0.05, 0.1) is 0 Å². The molecule has 0 unspecified atom stereocenters. The van der Waals surface area contributed by atoms with E-state index in [0.29, 0.717) is 0 Å². The van der Waals surface area contributed by atoms with E-state index in [1.54, 1.807) is 0 Å². The van der Waals surface area contributed by atoms with Crippen molar-refractivity contribution in [2.45, 2.75) is 13.8 Å². The van der Waals surface area contributed by atoms with E-state index in [9.17, 15) is 0 Å². The number of nitrogens with zero attached hydrogens (tertiary/aromatic N) is 1. The molecule has 0 amide bonds. The second-order valence-electron chi connectivity index (χ2n) is 3.50. The monoisotopic (exact) mass is 377 g/mol. The summed E-state index contributed by atoms with van der Waals surface area (Å²) in [7, 11) is 0. The van der Waals surface area contributed by atoms with Crippen molar-refractivity contribution < 1.29 is 21.1 Å². The SMILES string of the molecule is Cc1cc[c-]c(-c2cc(C)ccn2)c1.[Pt]. The predicted molar refractivity (Wildman–Crippen MR) is 58.0 cm³/mol. The first-order valence-electron chi connectivity index (χ1n) is 4.67. The summed E-state index contributed by atoms with van der Waals surface area (Å²) in [5.41, 5.74) is 4.52. The summed E-state index contributed by atoms with van der Waals surface area (Å²) < 4.78 is 0. The molecular formula is C13H12NPt-. The Morgan fingerprint density at radius 1 is 1.07 bits per heavy atom. The van der Waals surface area contributed by atoms with Gasteiger partial charge in [-0.3, -0.25) is 0 Å². The van der Waals surface area contributed by atoms with E-state index < -0.39 is 0 Å². The fourth-order valence-electron chi connectivity index (χ4n) is 1.41. The van der Waals surface area contributed by atoms with Gasteiger partial charge in [-0.2, -0.15) is 0 Å². The van der Waals surface area contributed by atoms with Crippen molar-refractivity contribution in [3.63, 3.8) is 0 Å². The van der Waals surface area contributed by atoms with Gasteiger partial charge in [-0.15, -0.1) is 35.4 Å². The number of aryl methyl sites for hydroxylation is 2. The standard InChI is InChI=1S/C13H12N.Pt/c1-10-4-3-5-12(8-10)13-9-11(2)6-7-14-13;/h3-4,6-9H,1-2H3;/q-1;. The summed E-state index contributed by atoms with van der Waals surface area (Å²) in [6.07, 6.45) is 1.83. The molecular weight excluding hydrogens is 365 g/mol. The van der Waals surface area contributed by atoms with Gasteiger partial charge in [-0.1, -0.05) is 18.6 Å². The number of pyridine rings is 1. The molecule has 0 saturated carbocycles. The normalized spacial score (nSPS) is 9.47. The van der Waals surface area contributed by atoms with Crippen LogP contribution in [-0.2, 0) is 21.1 Å². The second kappa shape index (κ2) is 5.23. The molecule has 0 spiro atoms. The van der Waals surface area contributed by atoms with Crippen molar-refractivity contribution in [1.29, 1.82) is 0 Å². The third-order valence-corrected chi connectivity index (χ3v) is 2.15. The van der Waals surface area contributed by atoms with Gasteiger partial charge in [-0.25, -0.2) is 0 Å². The van der Waals surface area contributed by atoms with Crippen LogP contribution in [0.4, 0.5) is 0 Å². The van der Waals surface area contributed by atoms with Crippen molar-refractivity contribution in [3.05, 3.63) is 53.7 Å². The number of benzene rings is 1. The molecule has 0 radical (unpaired) electrons.